The first-order chi connectivity index (χ1) is 12.1. The summed E-state index contributed by atoms with van der Waals surface area (Å²) < 4.78 is 49.2. The van der Waals surface area contributed by atoms with Crippen molar-refractivity contribution in [1.29, 1.82) is 0 Å². The van der Waals surface area contributed by atoms with E-state index < -0.39 is 16.3 Å². The van der Waals surface area contributed by atoms with Crippen molar-refractivity contribution in [1.82, 2.24) is 4.31 Å². The van der Waals surface area contributed by atoms with Crippen LogP contribution in [0.25, 0.3) is 0 Å². The van der Waals surface area contributed by atoms with Gasteiger partial charge in [0.2, 0.25) is 10.0 Å². The van der Waals surface area contributed by atoms with Crippen molar-refractivity contribution in [3.63, 3.8) is 0 Å². The van der Waals surface area contributed by atoms with E-state index in [1.807, 2.05) is 0 Å². The molecule has 0 saturated carbocycles. The molecule has 0 bridgehead atoms. The molecule has 2 saturated heterocycles. The van der Waals surface area contributed by atoms with Crippen LogP contribution in [-0.2, 0) is 24.2 Å². The summed E-state index contributed by atoms with van der Waals surface area (Å²) >= 11 is 0. The maximum absolute atomic E-state index is 13.1. The van der Waals surface area contributed by atoms with Crippen LogP contribution < -0.4 is 4.74 Å². The van der Waals surface area contributed by atoms with Crippen LogP contribution in [-0.4, -0.2) is 65.1 Å². The molecule has 0 spiro atoms. The second-order valence-corrected chi connectivity index (χ2v) is 7.99. The van der Waals surface area contributed by atoms with Crippen LogP contribution >= 0.6 is 0 Å². The molecular weight excluding hydrogens is 346 g/mol. The van der Waals surface area contributed by atoms with Crippen LogP contribution in [0.3, 0.4) is 0 Å². The number of hydrogen-bond donors (Lipinski definition) is 0. The summed E-state index contributed by atoms with van der Waals surface area (Å²) in [5.41, 5.74) is 0. The Kier molecular flexibility index (Phi) is 6.29. The van der Waals surface area contributed by atoms with Gasteiger partial charge in [0, 0.05) is 13.7 Å². The van der Waals surface area contributed by atoms with Crippen molar-refractivity contribution >= 4 is 10.0 Å². The summed E-state index contributed by atoms with van der Waals surface area (Å²) in [5.74, 6) is 0.619. The molecule has 140 valence electrons. The van der Waals surface area contributed by atoms with Crippen molar-refractivity contribution in [2.75, 3.05) is 40.1 Å². The van der Waals surface area contributed by atoms with Gasteiger partial charge in [0.1, 0.15) is 12.4 Å². The molecule has 7 nitrogen and oxygen atoms in total. The number of methoxy groups -OCH3 is 1. The van der Waals surface area contributed by atoms with E-state index in [9.17, 15) is 8.42 Å². The number of hydrogen-bond acceptors (Lipinski definition) is 6. The summed E-state index contributed by atoms with van der Waals surface area (Å²) in [6, 6.07) is 6.24. The first-order valence-corrected chi connectivity index (χ1v) is 10.0. The second kappa shape index (κ2) is 8.46. The average molecular weight is 371 g/mol. The fraction of sp³-hybridized carbons (Fsp3) is 0.647. The van der Waals surface area contributed by atoms with E-state index in [0.29, 0.717) is 38.7 Å². The number of nitrogens with zero attached hydrogens (tertiary/aromatic N) is 1. The topological polar surface area (TPSA) is 74.3 Å². The standard InChI is InChI=1S/C17H25NO6S/c1-21-10-11-22-14-5-7-15(8-6-14)25(19,20)18-9-3-2-4-16(18)17-23-12-13-24-17/h5-8,16-17H,2-4,9-13H2,1H3. The Labute approximate surface area is 148 Å². The van der Waals surface area contributed by atoms with Gasteiger partial charge in [-0.1, -0.05) is 6.42 Å². The quantitative estimate of drug-likeness (QED) is 0.678. The largest absolute Gasteiger partial charge is 0.491 e. The lowest BCUT2D eigenvalue weighted by atomic mass is 10.0. The molecular formula is C17H25NO6S. The zero-order valence-corrected chi connectivity index (χ0v) is 15.2. The predicted octanol–water partition coefficient (Wildman–Crippen LogP) is 1.63. The van der Waals surface area contributed by atoms with Gasteiger partial charge in [-0.25, -0.2) is 8.42 Å². The van der Waals surface area contributed by atoms with Crippen LogP contribution in [0.15, 0.2) is 29.2 Å². The summed E-state index contributed by atoms with van der Waals surface area (Å²) in [6.07, 6.45) is 2.11. The number of benzene rings is 1. The minimum Gasteiger partial charge on any atom is -0.491 e. The van der Waals surface area contributed by atoms with Crippen LogP contribution in [0.5, 0.6) is 5.75 Å². The van der Waals surface area contributed by atoms with Crippen LogP contribution in [0.4, 0.5) is 0 Å². The second-order valence-electron chi connectivity index (χ2n) is 6.10. The van der Waals surface area contributed by atoms with Crippen molar-refractivity contribution in [2.45, 2.75) is 36.5 Å². The summed E-state index contributed by atoms with van der Waals surface area (Å²) in [7, 11) is -1.99. The number of rotatable bonds is 7. The predicted molar refractivity (Wildman–Crippen MR) is 91.0 cm³/mol. The first kappa shape index (κ1) is 18.6. The highest BCUT2D eigenvalue weighted by Gasteiger charge is 2.40. The van der Waals surface area contributed by atoms with Gasteiger partial charge >= 0.3 is 0 Å². The minimum atomic E-state index is -3.60. The number of piperidine rings is 1. The fourth-order valence-electron chi connectivity index (χ4n) is 3.19. The molecule has 0 aromatic heterocycles. The maximum Gasteiger partial charge on any atom is 0.243 e. The van der Waals surface area contributed by atoms with E-state index in [-0.39, 0.29) is 10.9 Å². The lowest BCUT2D eigenvalue weighted by Gasteiger charge is -2.36. The van der Waals surface area contributed by atoms with Crippen molar-refractivity contribution in [3.8, 4) is 5.75 Å². The molecule has 1 unspecified atom stereocenters. The Bertz CT molecular complexity index is 642. The molecule has 2 aliphatic heterocycles. The monoisotopic (exact) mass is 371 g/mol. The lowest BCUT2D eigenvalue weighted by molar-refractivity contribution is -0.0913. The molecule has 3 rings (SSSR count). The number of sulfonamides is 1. The summed E-state index contributed by atoms with van der Waals surface area (Å²) in [6.45, 7) is 2.43. The molecule has 1 atom stereocenters. The van der Waals surface area contributed by atoms with E-state index in [1.165, 1.54) is 4.31 Å². The lowest BCUT2D eigenvalue weighted by Crippen LogP contribution is -2.50. The Morgan fingerprint density at radius 3 is 2.52 bits per heavy atom. The molecule has 2 aliphatic rings. The third-order valence-corrected chi connectivity index (χ3v) is 6.39. The molecule has 0 amide bonds. The smallest absolute Gasteiger partial charge is 0.243 e. The van der Waals surface area contributed by atoms with Gasteiger partial charge in [-0.2, -0.15) is 4.31 Å². The van der Waals surface area contributed by atoms with Gasteiger partial charge in [-0.15, -0.1) is 0 Å². The maximum atomic E-state index is 13.1. The van der Waals surface area contributed by atoms with Crippen molar-refractivity contribution in [2.24, 2.45) is 0 Å². The fourth-order valence-corrected chi connectivity index (χ4v) is 4.87. The highest BCUT2D eigenvalue weighted by Crippen LogP contribution is 2.30. The Balaban J connectivity index is 1.74. The molecule has 25 heavy (non-hydrogen) atoms. The molecule has 8 heteroatoms. The van der Waals surface area contributed by atoms with Gasteiger partial charge in [0.15, 0.2) is 6.29 Å². The van der Waals surface area contributed by atoms with Gasteiger partial charge in [-0.3, -0.25) is 0 Å². The molecule has 2 heterocycles. The molecule has 1 aromatic rings. The highest BCUT2D eigenvalue weighted by atomic mass is 32.2. The van der Waals surface area contributed by atoms with Crippen molar-refractivity contribution in [3.05, 3.63) is 24.3 Å². The van der Waals surface area contributed by atoms with Crippen molar-refractivity contribution < 1.29 is 27.4 Å². The minimum absolute atomic E-state index is 0.261. The SMILES string of the molecule is COCCOc1ccc(S(=O)(=O)N2CCCCC2C2OCCO2)cc1. The Morgan fingerprint density at radius 2 is 1.84 bits per heavy atom. The average Bonchev–Trinajstić information content (AvgIpc) is 3.17. The van der Waals surface area contributed by atoms with E-state index >= 15 is 0 Å². The van der Waals surface area contributed by atoms with E-state index in [1.54, 1.807) is 31.4 Å². The molecule has 2 fully saturated rings. The third kappa shape index (κ3) is 4.32. The van der Waals surface area contributed by atoms with Crippen LogP contribution in [0.2, 0.25) is 0 Å². The van der Waals surface area contributed by atoms with Crippen LogP contribution in [0.1, 0.15) is 19.3 Å². The van der Waals surface area contributed by atoms with Crippen LogP contribution in [0, 0.1) is 0 Å². The summed E-state index contributed by atoms with van der Waals surface area (Å²) in [5, 5.41) is 0. The molecule has 1 aromatic carbocycles. The Morgan fingerprint density at radius 1 is 1.12 bits per heavy atom. The first-order valence-electron chi connectivity index (χ1n) is 8.60. The summed E-state index contributed by atoms with van der Waals surface area (Å²) in [4.78, 5) is 0.261. The Hall–Kier alpha value is -1.19. The zero-order valence-electron chi connectivity index (χ0n) is 14.4. The van der Waals surface area contributed by atoms with Gasteiger partial charge in [0.25, 0.3) is 0 Å². The van der Waals surface area contributed by atoms with E-state index in [2.05, 4.69) is 0 Å². The van der Waals surface area contributed by atoms with E-state index in [0.717, 1.165) is 19.3 Å². The third-order valence-electron chi connectivity index (χ3n) is 4.45. The zero-order chi connectivity index (χ0) is 17.7. The number of ether oxygens (including phenoxy) is 4. The molecule has 0 radical (unpaired) electrons. The van der Waals surface area contributed by atoms with Gasteiger partial charge in [0.05, 0.1) is 30.8 Å². The highest BCUT2D eigenvalue weighted by molar-refractivity contribution is 7.89. The van der Waals surface area contributed by atoms with Gasteiger partial charge < -0.3 is 18.9 Å². The molecule has 0 aliphatic carbocycles. The molecule has 0 N–H and O–H groups in total. The van der Waals surface area contributed by atoms with E-state index in [4.69, 9.17) is 18.9 Å². The van der Waals surface area contributed by atoms with Gasteiger partial charge in [-0.05, 0) is 37.1 Å². The normalized spacial score (nSPS) is 23.0.